The highest BCUT2D eigenvalue weighted by atomic mass is 16.7. The molecule has 202 valence electrons. The number of fused-ring (bicyclic) bond motifs is 1. The van der Waals surface area contributed by atoms with E-state index in [0.717, 1.165) is 48.3 Å². The number of nitrogens with one attached hydrogen (secondary N) is 1. The van der Waals surface area contributed by atoms with Crippen molar-refractivity contribution >= 4 is 6.09 Å². The molecule has 1 amide bonds. The number of benzene rings is 2. The normalized spacial score (nSPS) is 17.4. The Bertz CT molecular complexity index is 1000. The van der Waals surface area contributed by atoms with Crippen LogP contribution in [-0.2, 0) is 22.5 Å². The molecule has 0 aromatic heterocycles. The van der Waals surface area contributed by atoms with Crippen molar-refractivity contribution in [1.29, 1.82) is 0 Å². The zero-order chi connectivity index (χ0) is 26.3. The van der Waals surface area contributed by atoms with E-state index in [1.807, 2.05) is 74.4 Å². The summed E-state index contributed by atoms with van der Waals surface area (Å²) in [7, 11) is 0. The van der Waals surface area contributed by atoms with E-state index in [1.165, 1.54) is 0 Å². The van der Waals surface area contributed by atoms with E-state index >= 15 is 0 Å². The molecule has 2 aromatic carbocycles. The van der Waals surface area contributed by atoms with E-state index in [0.29, 0.717) is 26.2 Å². The smallest absolute Gasteiger partial charge is 0.407 e. The molecule has 2 aromatic rings. The van der Waals surface area contributed by atoms with Crippen molar-refractivity contribution in [2.45, 2.75) is 83.3 Å². The Morgan fingerprint density at radius 1 is 1.05 bits per heavy atom. The fraction of sp³-hybridized carbons (Fsp3) is 0.552. The molecule has 0 spiro atoms. The van der Waals surface area contributed by atoms with Gasteiger partial charge in [0.2, 0.25) is 0 Å². The lowest BCUT2D eigenvalue weighted by Crippen LogP contribution is -2.50. The van der Waals surface area contributed by atoms with Crippen molar-refractivity contribution in [3.63, 3.8) is 0 Å². The quantitative estimate of drug-likeness (QED) is 0.449. The van der Waals surface area contributed by atoms with E-state index in [1.54, 1.807) is 0 Å². The number of nitrogens with zero attached hydrogens (tertiary/aromatic N) is 1. The van der Waals surface area contributed by atoms with E-state index in [2.05, 4.69) is 5.32 Å². The van der Waals surface area contributed by atoms with Crippen molar-refractivity contribution in [2.24, 2.45) is 0 Å². The van der Waals surface area contributed by atoms with Crippen molar-refractivity contribution in [3.8, 4) is 11.5 Å². The predicted molar refractivity (Wildman–Crippen MR) is 140 cm³/mol. The lowest BCUT2D eigenvalue weighted by Gasteiger charge is -2.32. The average molecular weight is 513 g/mol. The molecule has 1 heterocycles. The molecule has 0 saturated heterocycles. The number of hydrogen-bond acceptors (Lipinski definition) is 7. The Kier molecular flexibility index (Phi) is 9.29. The Labute approximate surface area is 219 Å². The van der Waals surface area contributed by atoms with Gasteiger partial charge in [-0.05, 0) is 63.3 Å². The lowest BCUT2D eigenvalue weighted by molar-refractivity contribution is -0.214. The van der Waals surface area contributed by atoms with Crippen molar-refractivity contribution in [2.75, 3.05) is 19.8 Å². The van der Waals surface area contributed by atoms with Gasteiger partial charge in [0.15, 0.2) is 11.5 Å². The predicted octanol–water partition coefficient (Wildman–Crippen LogP) is 4.63. The molecule has 2 unspecified atom stereocenters. The number of hydrogen-bond donors (Lipinski definition) is 2. The zero-order valence-corrected chi connectivity index (χ0v) is 22.2. The standard InChI is InChI=1S/C29H40N2O6/c1-29(2,3)36-28(33)30-24(17-21-9-5-4-6-10-21)25(32)20-31(37-23-11-7-8-12-23)19-22-13-14-26-27(18-22)35-16-15-34-26/h4-6,9-10,13-14,18,23-25,32H,7-8,11-12,15-17,19-20H2,1-3H3,(H,30,33). The summed E-state index contributed by atoms with van der Waals surface area (Å²) in [5.74, 6) is 1.46. The van der Waals surface area contributed by atoms with Crippen LogP contribution in [0.15, 0.2) is 48.5 Å². The molecule has 37 heavy (non-hydrogen) atoms. The summed E-state index contributed by atoms with van der Waals surface area (Å²) < 4.78 is 16.9. The molecule has 1 aliphatic heterocycles. The number of carbonyl (C=O) groups is 1. The Morgan fingerprint density at radius 2 is 1.76 bits per heavy atom. The monoisotopic (exact) mass is 512 g/mol. The molecule has 1 fully saturated rings. The van der Waals surface area contributed by atoms with Crippen LogP contribution in [0.2, 0.25) is 0 Å². The number of amides is 1. The second-order valence-corrected chi connectivity index (χ2v) is 10.8. The van der Waals surface area contributed by atoms with Gasteiger partial charge in [-0.1, -0.05) is 49.2 Å². The van der Waals surface area contributed by atoms with Crippen molar-refractivity contribution in [1.82, 2.24) is 10.4 Å². The SMILES string of the molecule is CC(C)(C)OC(=O)NC(Cc1ccccc1)C(O)CN(Cc1ccc2c(c1)OCCO2)OC1CCCC1. The molecular weight excluding hydrogens is 472 g/mol. The van der Waals surface area contributed by atoms with Crippen LogP contribution >= 0.6 is 0 Å². The summed E-state index contributed by atoms with van der Waals surface area (Å²) in [4.78, 5) is 19.0. The van der Waals surface area contributed by atoms with Gasteiger partial charge in [0, 0.05) is 6.54 Å². The summed E-state index contributed by atoms with van der Waals surface area (Å²) in [5, 5.41) is 16.1. The molecule has 1 aliphatic carbocycles. The fourth-order valence-corrected chi connectivity index (χ4v) is 4.69. The number of ether oxygens (including phenoxy) is 3. The number of hydroxylamine groups is 2. The summed E-state index contributed by atoms with van der Waals surface area (Å²) in [6.07, 6.45) is 3.41. The summed E-state index contributed by atoms with van der Waals surface area (Å²) in [6, 6.07) is 15.1. The third-order valence-electron chi connectivity index (χ3n) is 6.42. The van der Waals surface area contributed by atoms with E-state index in [9.17, 15) is 9.90 Å². The second-order valence-electron chi connectivity index (χ2n) is 10.8. The number of alkyl carbamates (subject to hydrolysis) is 1. The van der Waals surface area contributed by atoms with Crippen LogP contribution in [0, 0.1) is 0 Å². The van der Waals surface area contributed by atoms with Crippen LogP contribution in [0.4, 0.5) is 4.79 Å². The maximum atomic E-state index is 12.6. The molecular formula is C29H40N2O6. The third-order valence-corrected chi connectivity index (χ3v) is 6.42. The van der Waals surface area contributed by atoms with Gasteiger partial charge in [-0.2, -0.15) is 5.06 Å². The molecule has 4 rings (SSSR count). The molecule has 2 aliphatic rings. The number of aliphatic hydroxyl groups is 1. The highest BCUT2D eigenvalue weighted by molar-refractivity contribution is 5.68. The molecule has 2 atom stereocenters. The first-order valence-corrected chi connectivity index (χ1v) is 13.3. The van der Waals surface area contributed by atoms with Crippen molar-refractivity contribution in [3.05, 3.63) is 59.7 Å². The maximum absolute atomic E-state index is 12.6. The Balaban J connectivity index is 1.49. The summed E-state index contributed by atoms with van der Waals surface area (Å²) in [5.41, 5.74) is 1.37. The van der Waals surface area contributed by atoms with Crippen LogP contribution < -0.4 is 14.8 Å². The van der Waals surface area contributed by atoms with E-state index in [-0.39, 0.29) is 12.6 Å². The molecule has 2 N–H and O–H groups in total. The minimum Gasteiger partial charge on any atom is -0.486 e. The lowest BCUT2D eigenvalue weighted by atomic mass is 10.0. The van der Waals surface area contributed by atoms with Gasteiger partial charge >= 0.3 is 6.09 Å². The van der Waals surface area contributed by atoms with Gasteiger partial charge in [0.05, 0.1) is 24.8 Å². The van der Waals surface area contributed by atoms with Gasteiger partial charge in [0.25, 0.3) is 0 Å². The van der Waals surface area contributed by atoms with E-state index < -0.39 is 23.8 Å². The van der Waals surface area contributed by atoms with Gasteiger partial charge in [-0.15, -0.1) is 0 Å². The molecule has 0 bridgehead atoms. The van der Waals surface area contributed by atoms with Gasteiger partial charge < -0.3 is 24.6 Å². The molecule has 1 saturated carbocycles. The first kappa shape index (κ1) is 27.2. The first-order valence-electron chi connectivity index (χ1n) is 13.3. The van der Waals surface area contributed by atoms with Crippen LogP contribution in [0.25, 0.3) is 0 Å². The minimum atomic E-state index is -0.897. The van der Waals surface area contributed by atoms with Crippen LogP contribution in [0.3, 0.4) is 0 Å². The Morgan fingerprint density at radius 3 is 2.46 bits per heavy atom. The molecule has 8 heteroatoms. The third kappa shape index (κ3) is 8.62. The highest BCUT2D eigenvalue weighted by Gasteiger charge is 2.29. The largest absolute Gasteiger partial charge is 0.486 e. The summed E-state index contributed by atoms with van der Waals surface area (Å²) in [6.45, 7) is 7.21. The Hall–Kier alpha value is -2.81. The fourth-order valence-electron chi connectivity index (χ4n) is 4.69. The molecule has 0 radical (unpaired) electrons. The number of aliphatic hydroxyl groups excluding tert-OH is 1. The van der Waals surface area contributed by atoms with Crippen LogP contribution in [-0.4, -0.2) is 59.9 Å². The van der Waals surface area contributed by atoms with Gasteiger partial charge in [-0.3, -0.25) is 4.84 Å². The second kappa shape index (κ2) is 12.6. The zero-order valence-electron chi connectivity index (χ0n) is 22.2. The first-order chi connectivity index (χ1) is 17.7. The average Bonchev–Trinajstić information content (AvgIpc) is 3.36. The minimum absolute atomic E-state index is 0.121. The topological polar surface area (TPSA) is 89.5 Å². The highest BCUT2D eigenvalue weighted by Crippen LogP contribution is 2.31. The molecule has 8 nitrogen and oxygen atoms in total. The van der Waals surface area contributed by atoms with Crippen LogP contribution in [0.5, 0.6) is 11.5 Å². The van der Waals surface area contributed by atoms with Gasteiger partial charge in [-0.25, -0.2) is 4.79 Å². The van der Waals surface area contributed by atoms with Gasteiger partial charge in [0.1, 0.15) is 18.8 Å². The maximum Gasteiger partial charge on any atom is 0.407 e. The number of carbonyl (C=O) groups excluding carboxylic acids is 1. The summed E-state index contributed by atoms with van der Waals surface area (Å²) >= 11 is 0. The van der Waals surface area contributed by atoms with Crippen LogP contribution in [0.1, 0.15) is 57.6 Å². The van der Waals surface area contributed by atoms with Crippen molar-refractivity contribution < 1.29 is 28.9 Å². The van der Waals surface area contributed by atoms with E-state index in [4.69, 9.17) is 19.0 Å². The number of rotatable bonds is 10.